The molecule has 0 aliphatic heterocycles. The predicted molar refractivity (Wildman–Crippen MR) is 77.3 cm³/mol. The van der Waals surface area contributed by atoms with Crippen LogP contribution in [0.2, 0.25) is 0 Å². The van der Waals surface area contributed by atoms with Gasteiger partial charge in [-0.2, -0.15) is 5.26 Å². The Hall–Kier alpha value is -1.61. The lowest BCUT2D eigenvalue weighted by Gasteiger charge is -2.12. The highest BCUT2D eigenvalue weighted by atomic mass is 32.2. The third-order valence-electron chi connectivity index (χ3n) is 3.34. The summed E-state index contributed by atoms with van der Waals surface area (Å²) in [4.78, 5) is 20.3. The molecule has 1 atom stereocenters. The fourth-order valence-corrected chi connectivity index (χ4v) is 2.94. The van der Waals surface area contributed by atoms with Crippen LogP contribution in [0.15, 0.2) is 5.03 Å². The zero-order valence-electron chi connectivity index (χ0n) is 11.9. The topological polar surface area (TPSA) is 78.7 Å². The fourth-order valence-electron chi connectivity index (χ4n) is 2.06. The van der Waals surface area contributed by atoms with Crippen molar-refractivity contribution in [2.45, 2.75) is 44.7 Å². The number of thioether (sulfide) groups is 1. The zero-order valence-corrected chi connectivity index (χ0v) is 12.8. The third-order valence-corrected chi connectivity index (χ3v) is 4.31. The van der Waals surface area contributed by atoms with Crippen LogP contribution in [-0.4, -0.2) is 27.7 Å². The molecule has 1 saturated carbocycles. The Bertz CT molecular complexity index is 563. The Morgan fingerprint density at radius 2 is 2.20 bits per heavy atom. The summed E-state index contributed by atoms with van der Waals surface area (Å²) in [7, 11) is 0. The summed E-state index contributed by atoms with van der Waals surface area (Å²) >= 11 is 1.30. The van der Waals surface area contributed by atoms with Crippen molar-refractivity contribution in [2.24, 2.45) is 5.92 Å². The number of nitrogens with one attached hydrogen (secondary N) is 1. The molecule has 0 aromatic carbocycles. The highest BCUT2D eigenvalue weighted by Crippen LogP contribution is 2.32. The van der Waals surface area contributed by atoms with Crippen molar-refractivity contribution in [1.82, 2.24) is 15.3 Å². The second kappa shape index (κ2) is 6.23. The molecule has 1 amide bonds. The smallest absolute Gasteiger partial charge is 0.230 e. The van der Waals surface area contributed by atoms with Crippen LogP contribution in [-0.2, 0) is 4.79 Å². The van der Waals surface area contributed by atoms with E-state index in [1.807, 2.05) is 6.92 Å². The molecule has 1 heterocycles. The van der Waals surface area contributed by atoms with Gasteiger partial charge in [-0.05, 0) is 39.5 Å². The molecule has 1 unspecified atom stereocenters. The van der Waals surface area contributed by atoms with Crippen LogP contribution >= 0.6 is 11.8 Å². The van der Waals surface area contributed by atoms with Crippen molar-refractivity contribution in [3.8, 4) is 6.07 Å². The normalized spacial score (nSPS) is 15.5. The van der Waals surface area contributed by atoms with E-state index in [9.17, 15) is 4.79 Å². The summed E-state index contributed by atoms with van der Waals surface area (Å²) in [6.07, 6.45) is 2.41. The highest BCUT2D eigenvalue weighted by molar-refractivity contribution is 8.00. The van der Waals surface area contributed by atoms with Crippen LogP contribution in [0, 0.1) is 31.1 Å². The molecule has 2 rings (SSSR count). The molecule has 1 aliphatic carbocycles. The summed E-state index contributed by atoms with van der Waals surface area (Å²) in [6.45, 7) is 5.61. The maximum atomic E-state index is 11.9. The Labute approximate surface area is 123 Å². The standard InChI is InChI=1S/C14H18N4OS/c1-8(11-4-5-11)17-13(19)7-20-14-12(6-15)9(2)16-10(3)18-14/h8,11H,4-5,7H2,1-3H3,(H,17,19). The van der Waals surface area contributed by atoms with Gasteiger partial charge < -0.3 is 5.32 Å². The number of nitriles is 1. The van der Waals surface area contributed by atoms with Gasteiger partial charge in [0, 0.05) is 6.04 Å². The first-order valence-electron chi connectivity index (χ1n) is 6.68. The quantitative estimate of drug-likeness (QED) is 0.662. The van der Waals surface area contributed by atoms with E-state index in [-0.39, 0.29) is 17.7 Å². The van der Waals surface area contributed by atoms with Crippen molar-refractivity contribution in [1.29, 1.82) is 5.26 Å². The molecular weight excluding hydrogens is 272 g/mol. The number of carbonyl (C=O) groups excluding carboxylic acids is 1. The summed E-state index contributed by atoms with van der Waals surface area (Å²) in [5, 5.41) is 12.7. The maximum absolute atomic E-state index is 11.9. The predicted octanol–water partition coefficient (Wildman–Crippen LogP) is 1.97. The molecule has 0 saturated heterocycles. The van der Waals surface area contributed by atoms with E-state index >= 15 is 0 Å². The second-order valence-electron chi connectivity index (χ2n) is 5.13. The van der Waals surface area contributed by atoms with E-state index in [2.05, 4.69) is 21.4 Å². The molecule has 1 aliphatic rings. The van der Waals surface area contributed by atoms with Crippen LogP contribution in [0.4, 0.5) is 0 Å². The first kappa shape index (κ1) is 14.8. The Balaban J connectivity index is 1.96. The van der Waals surface area contributed by atoms with Gasteiger partial charge in [-0.1, -0.05) is 11.8 Å². The van der Waals surface area contributed by atoms with Crippen LogP contribution in [0.25, 0.3) is 0 Å². The van der Waals surface area contributed by atoms with Gasteiger partial charge in [-0.3, -0.25) is 4.79 Å². The Morgan fingerprint density at radius 3 is 2.80 bits per heavy atom. The van der Waals surface area contributed by atoms with Crippen LogP contribution in [0.3, 0.4) is 0 Å². The molecule has 20 heavy (non-hydrogen) atoms. The minimum absolute atomic E-state index is 0.00721. The molecular formula is C14H18N4OS. The van der Waals surface area contributed by atoms with E-state index in [0.717, 1.165) is 0 Å². The first-order valence-corrected chi connectivity index (χ1v) is 7.67. The van der Waals surface area contributed by atoms with E-state index in [1.165, 1.54) is 24.6 Å². The Morgan fingerprint density at radius 1 is 1.50 bits per heavy atom. The second-order valence-corrected chi connectivity index (χ2v) is 6.09. The lowest BCUT2D eigenvalue weighted by Crippen LogP contribution is -2.35. The average Bonchev–Trinajstić information content (AvgIpc) is 3.19. The molecule has 1 aromatic rings. The number of hydrogen-bond acceptors (Lipinski definition) is 5. The summed E-state index contributed by atoms with van der Waals surface area (Å²) in [6, 6.07) is 2.35. The Kier molecular flexibility index (Phi) is 4.61. The monoisotopic (exact) mass is 290 g/mol. The van der Waals surface area contributed by atoms with Gasteiger partial charge in [0.15, 0.2) is 0 Å². The molecule has 1 aromatic heterocycles. The number of aryl methyl sites for hydroxylation is 2. The van der Waals surface area contributed by atoms with Crippen molar-refractivity contribution in [2.75, 3.05) is 5.75 Å². The molecule has 106 valence electrons. The molecule has 1 fully saturated rings. The van der Waals surface area contributed by atoms with Gasteiger partial charge in [-0.15, -0.1) is 0 Å². The minimum Gasteiger partial charge on any atom is -0.353 e. The number of rotatable bonds is 5. The van der Waals surface area contributed by atoms with Gasteiger partial charge in [0.05, 0.1) is 11.4 Å². The van der Waals surface area contributed by atoms with Crippen LogP contribution in [0.1, 0.15) is 36.8 Å². The van der Waals surface area contributed by atoms with Gasteiger partial charge in [0.25, 0.3) is 0 Å². The van der Waals surface area contributed by atoms with Gasteiger partial charge in [-0.25, -0.2) is 9.97 Å². The molecule has 0 bridgehead atoms. The largest absolute Gasteiger partial charge is 0.353 e. The van der Waals surface area contributed by atoms with Gasteiger partial charge in [0.1, 0.15) is 22.5 Å². The minimum atomic E-state index is -0.00721. The SMILES string of the molecule is Cc1nc(C)c(C#N)c(SCC(=O)NC(C)C2CC2)n1. The van der Waals surface area contributed by atoms with E-state index < -0.39 is 0 Å². The van der Waals surface area contributed by atoms with E-state index in [1.54, 1.807) is 13.8 Å². The third kappa shape index (κ3) is 3.70. The number of aromatic nitrogens is 2. The number of nitrogens with zero attached hydrogens (tertiary/aromatic N) is 3. The first-order chi connectivity index (χ1) is 9.51. The lowest BCUT2D eigenvalue weighted by atomic mass is 10.2. The van der Waals surface area contributed by atoms with Gasteiger partial charge >= 0.3 is 0 Å². The molecule has 0 spiro atoms. The van der Waals surface area contributed by atoms with E-state index in [4.69, 9.17) is 5.26 Å². The van der Waals surface area contributed by atoms with E-state index in [0.29, 0.717) is 28.0 Å². The maximum Gasteiger partial charge on any atom is 0.230 e. The van der Waals surface area contributed by atoms with Crippen molar-refractivity contribution in [3.05, 3.63) is 17.1 Å². The van der Waals surface area contributed by atoms with Crippen molar-refractivity contribution in [3.63, 3.8) is 0 Å². The van der Waals surface area contributed by atoms with Crippen molar-refractivity contribution >= 4 is 17.7 Å². The van der Waals surface area contributed by atoms with Crippen LogP contribution in [0.5, 0.6) is 0 Å². The molecule has 1 N–H and O–H groups in total. The van der Waals surface area contributed by atoms with Crippen molar-refractivity contribution < 1.29 is 4.79 Å². The molecule has 5 nitrogen and oxygen atoms in total. The summed E-state index contributed by atoms with van der Waals surface area (Å²) in [5.74, 6) is 1.53. The van der Waals surface area contributed by atoms with Gasteiger partial charge in [0.2, 0.25) is 5.91 Å². The number of hydrogen-bond donors (Lipinski definition) is 1. The summed E-state index contributed by atoms with van der Waals surface area (Å²) in [5.41, 5.74) is 1.12. The zero-order chi connectivity index (χ0) is 14.7. The highest BCUT2D eigenvalue weighted by Gasteiger charge is 2.28. The van der Waals surface area contributed by atoms with Crippen LogP contribution < -0.4 is 5.32 Å². The number of amides is 1. The fraction of sp³-hybridized carbons (Fsp3) is 0.571. The average molecular weight is 290 g/mol. The number of carbonyl (C=O) groups is 1. The molecule has 0 radical (unpaired) electrons. The lowest BCUT2D eigenvalue weighted by molar-refractivity contribution is -0.119. The summed E-state index contributed by atoms with van der Waals surface area (Å²) < 4.78 is 0. The molecule has 6 heteroatoms.